The van der Waals surface area contributed by atoms with E-state index in [-0.39, 0.29) is 12.4 Å². The van der Waals surface area contributed by atoms with Gasteiger partial charge in [-0.05, 0) is 51.0 Å². The predicted molar refractivity (Wildman–Crippen MR) is 92.4 cm³/mol. The number of fused-ring (bicyclic) bond motifs is 1. The number of likely N-dealkylation sites (tertiary alicyclic amines) is 1. The molecule has 3 nitrogen and oxygen atoms in total. The number of thioether (sulfide) groups is 1. The van der Waals surface area contributed by atoms with Crippen LogP contribution in [-0.4, -0.2) is 40.3 Å². The van der Waals surface area contributed by atoms with Crippen LogP contribution in [0.3, 0.4) is 0 Å². The Morgan fingerprint density at radius 3 is 2.62 bits per heavy atom. The normalized spacial score (nSPS) is 15.8. The number of piperidine rings is 1. The number of para-hydroxylation sites is 2. The summed E-state index contributed by atoms with van der Waals surface area (Å²) < 4.78 is 0. The molecule has 1 aliphatic rings. The van der Waals surface area contributed by atoms with Gasteiger partial charge in [0.05, 0.1) is 17.2 Å². The first-order valence-electron chi connectivity index (χ1n) is 7.49. The average Bonchev–Trinajstić information content (AvgIpc) is 2.52. The Morgan fingerprint density at radius 1 is 1.05 bits per heavy atom. The highest BCUT2D eigenvalue weighted by Gasteiger charge is 2.09. The SMILES string of the molecule is Cl.c1ccc2nc(SCCCN3CCCCC3)cnc2c1. The summed E-state index contributed by atoms with van der Waals surface area (Å²) in [6, 6.07) is 8.05. The molecule has 0 saturated carbocycles. The Bertz CT molecular complexity index is 558. The minimum Gasteiger partial charge on any atom is -0.303 e. The summed E-state index contributed by atoms with van der Waals surface area (Å²) in [5.41, 5.74) is 1.97. The number of halogens is 1. The zero-order valence-corrected chi connectivity index (χ0v) is 13.8. The lowest BCUT2D eigenvalue weighted by Gasteiger charge is -2.26. The maximum atomic E-state index is 4.65. The third-order valence-electron chi connectivity index (χ3n) is 3.74. The van der Waals surface area contributed by atoms with Gasteiger partial charge in [0.25, 0.3) is 0 Å². The van der Waals surface area contributed by atoms with E-state index >= 15 is 0 Å². The lowest BCUT2D eigenvalue weighted by atomic mass is 10.1. The van der Waals surface area contributed by atoms with Crippen LogP contribution in [0.2, 0.25) is 0 Å². The average molecular weight is 324 g/mol. The van der Waals surface area contributed by atoms with Gasteiger partial charge >= 0.3 is 0 Å². The summed E-state index contributed by atoms with van der Waals surface area (Å²) in [7, 11) is 0. The van der Waals surface area contributed by atoms with Crippen molar-refractivity contribution in [3.05, 3.63) is 30.5 Å². The van der Waals surface area contributed by atoms with Crippen molar-refractivity contribution in [3.63, 3.8) is 0 Å². The highest BCUT2D eigenvalue weighted by atomic mass is 35.5. The van der Waals surface area contributed by atoms with Crippen molar-refractivity contribution in [2.24, 2.45) is 0 Å². The van der Waals surface area contributed by atoms with Crippen LogP contribution in [0.5, 0.6) is 0 Å². The molecule has 2 heterocycles. The summed E-state index contributed by atoms with van der Waals surface area (Å²) >= 11 is 1.82. The molecule has 0 bridgehead atoms. The Labute approximate surface area is 137 Å². The lowest BCUT2D eigenvalue weighted by molar-refractivity contribution is 0.230. The van der Waals surface area contributed by atoms with E-state index in [1.807, 2.05) is 42.2 Å². The second-order valence-electron chi connectivity index (χ2n) is 5.30. The standard InChI is InChI=1S/C16H21N3S.ClH/c1-4-9-19(10-5-1)11-6-12-20-16-13-17-14-7-2-3-8-15(14)18-16;/h2-3,7-8,13H,1,4-6,9-12H2;1H. The summed E-state index contributed by atoms with van der Waals surface area (Å²) in [4.78, 5) is 11.7. The number of rotatable bonds is 5. The molecule has 1 aromatic carbocycles. The van der Waals surface area contributed by atoms with E-state index in [9.17, 15) is 0 Å². The van der Waals surface area contributed by atoms with E-state index < -0.39 is 0 Å². The van der Waals surface area contributed by atoms with Gasteiger partial charge in [-0.25, -0.2) is 4.98 Å². The summed E-state index contributed by atoms with van der Waals surface area (Å²) in [6.45, 7) is 3.81. The molecule has 114 valence electrons. The fourth-order valence-corrected chi connectivity index (χ4v) is 3.43. The molecule has 1 aliphatic heterocycles. The molecular weight excluding hydrogens is 302 g/mol. The van der Waals surface area contributed by atoms with Crippen molar-refractivity contribution in [1.29, 1.82) is 0 Å². The van der Waals surface area contributed by atoms with Crippen LogP contribution in [0.4, 0.5) is 0 Å². The van der Waals surface area contributed by atoms with Gasteiger partial charge in [-0.2, -0.15) is 0 Å². The number of hydrogen-bond donors (Lipinski definition) is 0. The molecule has 0 unspecified atom stereocenters. The summed E-state index contributed by atoms with van der Waals surface area (Å²) in [5, 5.41) is 1.04. The molecule has 0 radical (unpaired) electrons. The van der Waals surface area contributed by atoms with E-state index in [4.69, 9.17) is 0 Å². The molecule has 5 heteroatoms. The minimum absolute atomic E-state index is 0. The first-order chi connectivity index (χ1) is 9.92. The second-order valence-corrected chi connectivity index (χ2v) is 6.42. The Morgan fingerprint density at radius 2 is 1.81 bits per heavy atom. The Kier molecular flexibility index (Phi) is 6.74. The zero-order chi connectivity index (χ0) is 13.6. The van der Waals surface area contributed by atoms with Crippen LogP contribution in [-0.2, 0) is 0 Å². The van der Waals surface area contributed by atoms with Gasteiger partial charge in [-0.3, -0.25) is 4.98 Å². The maximum Gasteiger partial charge on any atom is 0.115 e. The van der Waals surface area contributed by atoms with Crippen molar-refractivity contribution < 1.29 is 0 Å². The van der Waals surface area contributed by atoms with E-state index in [1.165, 1.54) is 45.3 Å². The van der Waals surface area contributed by atoms with Gasteiger partial charge < -0.3 is 4.90 Å². The predicted octanol–water partition coefficient (Wildman–Crippen LogP) is 4.02. The van der Waals surface area contributed by atoms with Crippen LogP contribution in [0, 0.1) is 0 Å². The number of nitrogens with zero attached hydrogens (tertiary/aromatic N) is 3. The molecule has 2 aromatic rings. The zero-order valence-electron chi connectivity index (χ0n) is 12.2. The first-order valence-corrected chi connectivity index (χ1v) is 8.47. The molecule has 21 heavy (non-hydrogen) atoms. The van der Waals surface area contributed by atoms with Gasteiger partial charge in [0, 0.05) is 5.75 Å². The number of aromatic nitrogens is 2. The minimum atomic E-state index is 0. The highest BCUT2D eigenvalue weighted by Crippen LogP contribution is 2.19. The van der Waals surface area contributed by atoms with E-state index in [0.717, 1.165) is 21.8 Å². The monoisotopic (exact) mass is 323 g/mol. The van der Waals surface area contributed by atoms with Crippen LogP contribution in [0.15, 0.2) is 35.5 Å². The third-order valence-corrected chi connectivity index (χ3v) is 4.73. The Balaban J connectivity index is 0.00000161. The van der Waals surface area contributed by atoms with Crippen LogP contribution in [0.25, 0.3) is 11.0 Å². The fourth-order valence-electron chi connectivity index (χ4n) is 2.66. The van der Waals surface area contributed by atoms with Gasteiger partial charge in [0.1, 0.15) is 5.03 Å². The lowest BCUT2D eigenvalue weighted by Crippen LogP contribution is -2.30. The molecule has 1 fully saturated rings. The van der Waals surface area contributed by atoms with Crippen LogP contribution < -0.4 is 0 Å². The van der Waals surface area contributed by atoms with Crippen molar-refractivity contribution in [2.75, 3.05) is 25.4 Å². The van der Waals surface area contributed by atoms with Crippen LogP contribution >= 0.6 is 24.2 Å². The molecule has 0 atom stereocenters. The highest BCUT2D eigenvalue weighted by molar-refractivity contribution is 7.99. The first kappa shape index (κ1) is 16.5. The topological polar surface area (TPSA) is 29.0 Å². The second kappa shape index (κ2) is 8.57. The largest absolute Gasteiger partial charge is 0.303 e. The van der Waals surface area contributed by atoms with Crippen LogP contribution in [0.1, 0.15) is 25.7 Å². The summed E-state index contributed by atoms with van der Waals surface area (Å²) in [5.74, 6) is 1.13. The molecule has 0 N–H and O–H groups in total. The molecule has 1 saturated heterocycles. The fraction of sp³-hybridized carbons (Fsp3) is 0.500. The molecule has 3 rings (SSSR count). The smallest absolute Gasteiger partial charge is 0.115 e. The molecule has 0 amide bonds. The van der Waals surface area contributed by atoms with E-state index in [1.54, 1.807) is 0 Å². The third kappa shape index (κ3) is 4.83. The van der Waals surface area contributed by atoms with Gasteiger partial charge in [-0.15, -0.1) is 24.2 Å². The van der Waals surface area contributed by atoms with Gasteiger partial charge in [0.2, 0.25) is 0 Å². The quantitative estimate of drug-likeness (QED) is 0.614. The number of benzene rings is 1. The van der Waals surface area contributed by atoms with Crippen molar-refractivity contribution in [3.8, 4) is 0 Å². The van der Waals surface area contributed by atoms with Gasteiger partial charge in [-0.1, -0.05) is 18.6 Å². The molecule has 0 aliphatic carbocycles. The van der Waals surface area contributed by atoms with Crippen molar-refractivity contribution in [2.45, 2.75) is 30.7 Å². The number of hydrogen-bond acceptors (Lipinski definition) is 4. The molecule has 1 aromatic heterocycles. The van der Waals surface area contributed by atoms with Crippen molar-refractivity contribution in [1.82, 2.24) is 14.9 Å². The Hall–Kier alpha value is -0.840. The molecular formula is C16H22ClN3S. The molecule has 0 spiro atoms. The van der Waals surface area contributed by atoms with E-state index in [0.29, 0.717) is 0 Å². The summed E-state index contributed by atoms with van der Waals surface area (Å²) in [6.07, 6.45) is 7.30. The van der Waals surface area contributed by atoms with E-state index in [2.05, 4.69) is 14.9 Å². The maximum absolute atomic E-state index is 4.65. The van der Waals surface area contributed by atoms with Crippen molar-refractivity contribution >= 4 is 35.2 Å². The van der Waals surface area contributed by atoms with Gasteiger partial charge in [0.15, 0.2) is 0 Å².